The molecule has 1 N–H and O–H groups in total. The first-order chi connectivity index (χ1) is 16.7. The normalized spacial score (nSPS) is 11.6. The van der Waals surface area contributed by atoms with Gasteiger partial charge in [0.25, 0.3) is 11.2 Å². The highest BCUT2D eigenvalue weighted by Crippen LogP contribution is 2.33. The summed E-state index contributed by atoms with van der Waals surface area (Å²) in [5, 5.41) is 15.1. The molecule has 0 saturated heterocycles. The number of aromatic nitrogens is 2. The summed E-state index contributed by atoms with van der Waals surface area (Å²) >= 11 is 0. The van der Waals surface area contributed by atoms with Crippen molar-refractivity contribution < 1.29 is 18.9 Å². The molecule has 35 heavy (non-hydrogen) atoms. The van der Waals surface area contributed by atoms with Gasteiger partial charge in [0.05, 0.1) is 38.9 Å². The number of H-pyrrole nitrogens is 1. The zero-order valence-electron chi connectivity index (χ0n) is 19.5. The number of carbonyl (C=O) groups is 1. The van der Waals surface area contributed by atoms with Crippen LogP contribution in [0.4, 0.5) is 5.69 Å². The van der Waals surface area contributed by atoms with Gasteiger partial charge in [-0.3, -0.25) is 20.0 Å². The molecule has 178 valence electrons. The third kappa shape index (κ3) is 4.56. The van der Waals surface area contributed by atoms with Gasteiger partial charge in [-0.2, -0.15) is 0 Å². The molecular formula is C26H23N3O6. The maximum atomic E-state index is 13.1. The molecule has 0 aliphatic rings. The van der Waals surface area contributed by atoms with Crippen LogP contribution in [0, 0.1) is 24.0 Å². The van der Waals surface area contributed by atoms with Gasteiger partial charge in [0.15, 0.2) is 0 Å². The molecule has 0 saturated carbocycles. The van der Waals surface area contributed by atoms with Crippen molar-refractivity contribution in [1.29, 1.82) is 0 Å². The van der Waals surface area contributed by atoms with E-state index in [1.165, 1.54) is 16.8 Å². The molecule has 0 spiro atoms. The van der Waals surface area contributed by atoms with E-state index < -0.39 is 10.9 Å². The minimum Gasteiger partial charge on any atom is -0.462 e. The molecule has 2 aromatic heterocycles. The first kappa shape index (κ1) is 23.5. The van der Waals surface area contributed by atoms with Crippen molar-refractivity contribution in [3.63, 3.8) is 0 Å². The van der Waals surface area contributed by atoms with Crippen LogP contribution in [0.25, 0.3) is 29.7 Å². The molecule has 9 nitrogen and oxygen atoms in total. The van der Waals surface area contributed by atoms with Crippen LogP contribution in [-0.4, -0.2) is 27.3 Å². The zero-order valence-corrected chi connectivity index (χ0v) is 19.5. The predicted octanol–water partition coefficient (Wildman–Crippen LogP) is 3.37. The average Bonchev–Trinajstić information content (AvgIpc) is 3.41. The number of nitro groups is 1. The molecule has 4 aromatic rings. The number of benzene rings is 2. The fourth-order valence-corrected chi connectivity index (χ4v) is 3.65. The Bertz CT molecular complexity index is 1610. The van der Waals surface area contributed by atoms with E-state index >= 15 is 0 Å². The molecule has 0 bridgehead atoms. The molecule has 2 aromatic carbocycles. The zero-order chi connectivity index (χ0) is 25.3. The highest BCUT2D eigenvalue weighted by atomic mass is 16.6. The number of nitrogens with zero attached hydrogens (tertiary/aromatic N) is 2. The van der Waals surface area contributed by atoms with Crippen molar-refractivity contribution in [2.45, 2.75) is 20.8 Å². The van der Waals surface area contributed by atoms with Crippen LogP contribution in [0.15, 0.2) is 57.7 Å². The van der Waals surface area contributed by atoms with Crippen LogP contribution in [0.1, 0.15) is 34.2 Å². The van der Waals surface area contributed by atoms with Crippen molar-refractivity contribution in [2.75, 3.05) is 6.61 Å². The molecule has 0 fully saturated rings. The summed E-state index contributed by atoms with van der Waals surface area (Å²) in [5.74, 6) is 0.225. The summed E-state index contributed by atoms with van der Waals surface area (Å²) in [6.07, 6.45) is 1.53. The standard InChI is InChI=1S/C26H23N3O6/c1-5-34-26(31)18-6-8-19(9-7-18)28-25(30)21(17(4)27-28)14-20-10-11-24(35-20)22-12-15(2)16(3)13-23(22)29(32)33/h6-14,27H,4-5H2,1-3H3/b21-14-. The quantitative estimate of drug-likeness (QED) is 0.260. The number of rotatable bonds is 6. The fraction of sp³-hybridized carbons (Fsp3) is 0.154. The number of ether oxygens (including phenoxy) is 1. The van der Waals surface area contributed by atoms with Gasteiger partial charge in [0.2, 0.25) is 0 Å². The van der Waals surface area contributed by atoms with Crippen LogP contribution in [0.5, 0.6) is 0 Å². The van der Waals surface area contributed by atoms with Gasteiger partial charge in [0.1, 0.15) is 11.5 Å². The molecule has 0 radical (unpaired) electrons. The van der Waals surface area contributed by atoms with Gasteiger partial charge >= 0.3 is 5.97 Å². The van der Waals surface area contributed by atoms with Gasteiger partial charge in [0, 0.05) is 6.07 Å². The van der Waals surface area contributed by atoms with Gasteiger partial charge in [-0.05, 0) is 80.4 Å². The van der Waals surface area contributed by atoms with Gasteiger partial charge in [-0.1, -0.05) is 6.58 Å². The predicted molar refractivity (Wildman–Crippen MR) is 131 cm³/mol. The molecule has 0 aliphatic carbocycles. The number of carbonyl (C=O) groups excluding carboxylic acids is 1. The first-order valence-electron chi connectivity index (χ1n) is 10.8. The average molecular weight is 473 g/mol. The largest absolute Gasteiger partial charge is 0.462 e. The van der Waals surface area contributed by atoms with Crippen molar-refractivity contribution in [3.8, 4) is 17.0 Å². The number of aromatic amines is 1. The van der Waals surface area contributed by atoms with E-state index in [9.17, 15) is 19.7 Å². The van der Waals surface area contributed by atoms with Crippen molar-refractivity contribution in [3.05, 3.63) is 102 Å². The number of hydrogen-bond donors (Lipinski definition) is 1. The maximum Gasteiger partial charge on any atom is 0.338 e. The summed E-state index contributed by atoms with van der Waals surface area (Å²) in [4.78, 5) is 36.0. The maximum absolute atomic E-state index is 13.1. The molecule has 9 heteroatoms. The molecule has 0 amide bonds. The lowest BCUT2D eigenvalue weighted by atomic mass is 10.0. The highest BCUT2D eigenvalue weighted by Gasteiger charge is 2.19. The van der Waals surface area contributed by atoms with Gasteiger partial charge < -0.3 is 9.15 Å². The smallest absolute Gasteiger partial charge is 0.338 e. The number of aryl methyl sites for hydroxylation is 2. The van der Waals surface area contributed by atoms with E-state index in [4.69, 9.17) is 9.15 Å². The minimum atomic E-state index is -0.445. The SMILES string of the molecule is C=c1[nH]n(-c2ccc(C(=O)OCC)cc2)c(=O)/c1=C\c1ccc(-c2cc(C)c(C)cc2[N+](=O)[O-])o1. The summed E-state index contributed by atoms with van der Waals surface area (Å²) in [6, 6.07) is 12.9. The Morgan fingerprint density at radius 2 is 1.86 bits per heavy atom. The lowest BCUT2D eigenvalue weighted by Gasteiger charge is -2.04. The van der Waals surface area contributed by atoms with Crippen molar-refractivity contribution >= 4 is 24.3 Å². The highest BCUT2D eigenvalue weighted by molar-refractivity contribution is 5.89. The van der Waals surface area contributed by atoms with Crippen LogP contribution >= 0.6 is 0 Å². The number of furan rings is 1. The first-order valence-corrected chi connectivity index (χ1v) is 10.8. The van der Waals surface area contributed by atoms with Crippen molar-refractivity contribution in [2.24, 2.45) is 0 Å². The Labute approximate surface area is 199 Å². The lowest BCUT2D eigenvalue weighted by molar-refractivity contribution is -0.384. The summed E-state index contributed by atoms with van der Waals surface area (Å²) in [6.45, 7) is 9.58. The lowest BCUT2D eigenvalue weighted by Crippen LogP contribution is -2.33. The van der Waals surface area contributed by atoms with Crippen LogP contribution in [-0.2, 0) is 4.74 Å². The second kappa shape index (κ2) is 9.30. The Balaban J connectivity index is 1.72. The van der Waals surface area contributed by atoms with Crippen LogP contribution in [0.3, 0.4) is 0 Å². The third-order valence-electron chi connectivity index (χ3n) is 5.63. The molecule has 0 aliphatic heterocycles. The number of nitro benzene ring substituents is 1. The minimum absolute atomic E-state index is 0.0536. The second-order valence-electron chi connectivity index (χ2n) is 7.97. The summed E-state index contributed by atoms with van der Waals surface area (Å²) < 4.78 is 12.1. The molecule has 0 unspecified atom stereocenters. The van der Waals surface area contributed by atoms with Crippen LogP contribution < -0.4 is 16.1 Å². The van der Waals surface area contributed by atoms with E-state index in [-0.39, 0.29) is 23.1 Å². The third-order valence-corrected chi connectivity index (χ3v) is 5.63. The van der Waals surface area contributed by atoms with Gasteiger partial charge in [-0.25, -0.2) is 9.48 Å². The Morgan fingerprint density at radius 1 is 1.17 bits per heavy atom. The van der Waals surface area contributed by atoms with E-state index in [2.05, 4.69) is 11.7 Å². The number of nitrogens with one attached hydrogen (secondary N) is 1. The number of esters is 1. The Kier molecular flexibility index (Phi) is 6.24. The summed E-state index contributed by atoms with van der Waals surface area (Å²) in [5.41, 5.74) is 2.54. The summed E-state index contributed by atoms with van der Waals surface area (Å²) in [7, 11) is 0. The van der Waals surface area contributed by atoms with E-state index in [0.717, 1.165) is 11.1 Å². The Morgan fingerprint density at radius 3 is 2.51 bits per heavy atom. The van der Waals surface area contributed by atoms with E-state index in [1.54, 1.807) is 49.4 Å². The topological polar surface area (TPSA) is 120 Å². The van der Waals surface area contributed by atoms with Crippen LogP contribution in [0.2, 0.25) is 0 Å². The van der Waals surface area contributed by atoms with E-state index in [0.29, 0.717) is 33.7 Å². The molecule has 4 rings (SSSR count). The van der Waals surface area contributed by atoms with E-state index in [1.807, 2.05) is 13.8 Å². The molecule has 2 heterocycles. The van der Waals surface area contributed by atoms with Gasteiger partial charge in [-0.15, -0.1) is 0 Å². The second-order valence-corrected chi connectivity index (χ2v) is 7.97. The number of hydrogen-bond acceptors (Lipinski definition) is 6. The monoisotopic (exact) mass is 473 g/mol. The Hall–Kier alpha value is -4.66. The fourth-order valence-electron chi connectivity index (χ4n) is 3.65. The molecule has 0 atom stereocenters. The molecular weight excluding hydrogens is 450 g/mol. The van der Waals surface area contributed by atoms with Crippen molar-refractivity contribution in [1.82, 2.24) is 9.78 Å².